The summed E-state index contributed by atoms with van der Waals surface area (Å²) in [4.78, 5) is 4.12. The molecule has 3 heteroatoms. The maximum Gasteiger partial charge on any atom is 0.101 e. The minimum absolute atomic E-state index is 0.237. The van der Waals surface area contributed by atoms with Gasteiger partial charge in [0.1, 0.15) is 6.10 Å². The van der Waals surface area contributed by atoms with Crippen LogP contribution in [0.2, 0.25) is 0 Å². The van der Waals surface area contributed by atoms with Crippen LogP contribution in [0.25, 0.3) is 0 Å². The zero-order valence-corrected chi connectivity index (χ0v) is 7.53. The summed E-state index contributed by atoms with van der Waals surface area (Å²) < 4.78 is 7.84. The molecule has 1 unspecified atom stereocenters. The molecular formula is C9H14N2O. The van der Waals surface area contributed by atoms with Gasteiger partial charge in [-0.25, -0.2) is 4.98 Å². The van der Waals surface area contributed by atoms with E-state index in [0.717, 1.165) is 13.2 Å². The largest absolute Gasteiger partial charge is 0.370 e. The van der Waals surface area contributed by atoms with Crippen molar-refractivity contribution in [2.24, 2.45) is 5.92 Å². The second-order valence-electron chi connectivity index (χ2n) is 3.55. The summed E-state index contributed by atoms with van der Waals surface area (Å²) in [6, 6.07) is 0. The van der Waals surface area contributed by atoms with Crippen molar-refractivity contribution in [2.75, 3.05) is 6.61 Å². The van der Waals surface area contributed by atoms with E-state index in [2.05, 4.69) is 23.4 Å². The molecule has 1 aromatic heterocycles. The lowest BCUT2D eigenvalue weighted by molar-refractivity contribution is -0.00819. The van der Waals surface area contributed by atoms with Crippen LogP contribution in [0.3, 0.4) is 0 Å². The second kappa shape index (κ2) is 2.90. The molecule has 0 aromatic carbocycles. The van der Waals surface area contributed by atoms with Gasteiger partial charge < -0.3 is 9.30 Å². The Morgan fingerprint density at radius 2 is 2.50 bits per heavy atom. The fraction of sp³-hybridized carbons (Fsp3) is 0.667. The average Bonchev–Trinajstić information content (AvgIpc) is 2.49. The van der Waals surface area contributed by atoms with Crippen molar-refractivity contribution >= 4 is 0 Å². The molecule has 0 aliphatic carbocycles. The van der Waals surface area contributed by atoms with Gasteiger partial charge in [-0.2, -0.15) is 0 Å². The number of hydrogen-bond acceptors (Lipinski definition) is 2. The number of rotatable bonds is 1. The maximum atomic E-state index is 5.66. The average molecular weight is 166 g/mol. The van der Waals surface area contributed by atoms with E-state index in [1.54, 1.807) is 0 Å². The molecule has 0 saturated heterocycles. The van der Waals surface area contributed by atoms with Crippen molar-refractivity contribution in [3.63, 3.8) is 0 Å². The summed E-state index contributed by atoms with van der Waals surface area (Å²) >= 11 is 0. The van der Waals surface area contributed by atoms with Crippen LogP contribution in [0.5, 0.6) is 0 Å². The normalized spacial score (nSPS) is 22.8. The molecule has 0 spiro atoms. The quantitative estimate of drug-likeness (QED) is 0.633. The number of fused-ring (bicyclic) bond motifs is 1. The zero-order chi connectivity index (χ0) is 8.55. The summed E-state index contributed by atoms with van der Waals surface area (Å²) in [5, 5.41) is 0. The van der Waals surface area contributed by atoms with Crippen LogP contribution in [-0.4, -0.2) is 16.2 Å². The minimum atomic E-state index is 0.237. The highest BCUT2D eigenvalue weighted by atomic mass is 16.5. The maximum absolute atomic E-state index is 5.66. The summed E-state index contributed by atoms with van der Waals surface area (Å²) in [5.41, 5.74) is 1.22. The van der Waals surface area contributed by atoms with Crippen LogP contribution in [0.4, 0.5) is 0 Å². The van der Waals surface area contributed by atoms with Crippen molar-refractivity contribution in [1.29, 1.82) is 0 Å². The van der Waals surface area contributed by atoms with E-state index in [1.165, 1.54) is 5.69 Å². The fourth-order valence-electron chi connectivity index (χ4n) is 1.65. The molecule has 1 aromatic rings. The van der Waals surface area contributed by atoms with Crippen molar-refractivity contribution < 1.29 is 4.74 Å². The van der Waals surface area contributed by atoms with Crippen molar-refractivity contribution in [3.05, 3.63) is 18.2 Å². The van der Waals surface area contributed by atoms with Crippen LogP contribution < -0.4 is 0 Å². The number of ether oxygens (including phenoxy) is 1. The predicted molar refractivity (Wildman–Crippen MR) is 45.8 cm³/mol. The molecule has 0 saturated carbocycles. The molecule has 0 fully saturated rings. The Morgan fingerprint density at radius 1 is 1.67 bits per heavy atom. The lowest BCUT2D eigenvalue weighted by atomic mass is 10.0. The van der Waals surface area contributed by atoms with Crippen LogP contribution in [0, 0.1) is 5.92 Å². The molecule has 0 bridgehead atoms. The van der Waals surface area contributed by atoms with Crippen LogP contribution in [0.15, 0.2) is 12.5 Å². The molecule has 1 aliphatic heterocycles. The molecule has 2 rings (SSSR count). The summed E-state index contributed by atoms with van der Waals surface area (Å²) in [6.45, 7) is 6.10. The van der Waals surface area contributed by atoms with Gasteiger partial charge in [0.15, 0.2) is 0 Å². The topological polar surface area (TPSA) is 27.1 Å². The first-order valence-corrected chi connectivity index (χ1v) is 4.40. The molecule has 0 N–H and O–H groups in total. The first kappa shape index (κ1) is 7.80. The van der Waals surface area contributed by atoms with Gasteiger partial charge in [-0.15, -0.1) is 0 Å². The van der Waals surface area contributed by atoms with Gasteiger partial charge in [-0.05, 0) is 5.92 Å². The second-order valence-corrected chi connectivity index (χ2v) is 3.55. The molecule has 1 aliphatic rings. The van der Waals surface area contributed by atoms with Gasteiger partial charge >= 0.3 is 0 Å². The van der Waals surface area contributed by atoms with Crippen LogP contribution >= 0.6 is 0 Å². The van der Waals surface area contributed by atoms with Gasteiger partial charge in [0.2, 0.25) is 0 Å². The third kappa shape index (κ3) is 1.14. The lowest BCUT2D eigenvalue weighted by Crippen LogP contribution is -2.23. The highest BCUT2D eigenvalue weighted by Gasteiger charge is 2.23. The highest BCUT2D eigenvalue weighted by Crippen LogP contribution is 2.28. The van der Waals surface area contributed by atoms with E-state index in [4.69, 9.17) is 4.74 Å². The number of hydrogen-bond donors (Lipinski definition) is 0. The van der Waals surface area contributed by atoms with E-state index >= 15 is 0 Å². The number of imidazole rings is 1. The monoisotopic (exact) mass is 166 g/mol. The molecule has 66 valence electrons. The van der Waals surface area contributed by atoms with E-state index in [0.29, 0.717) is 5.92 Å². The Hall–Kier alpha value is -0.830. The number of nitrogens with zero attached hydrogens (tertiary/aromatic N) is 2. The first-order valence-electron chi connectivity index (χ1n) is 4.40. The third-order valence-electron chi connectivity index (χ3n) is 2.27. The van der Waals surface area contributed by atoms with E-state index < -0.39 is 0 Å². The summed E-state index contributed by atoms with van der Waals surface area (Å²) in [5.74, 6) is 0.528. The van der Waals surface area contributed by atoms with Crippen LogP contribution in [0.1, 0.15) is 25.6 Å². The summed E-state index contributed by atoms with van der Waals surface area (Å²) in [6.07, 6.45) is 4.03. The van der Waals surface area contributed by atoms with Crippen molar-refractivity contribution in [3.8, 4) is 0 Å². The number of aromatic nitrogens is 2. The molecular weight excluding hydrogens is 152 g/mol. The highest BCUT2D eigenvalue weighted by molar-refractivity contribution is 5.05. The third-order valence-corrected chi connectivity index (χ3v) is 2.27. The zero-order valence-electron chi connectivity index (χ0n) is 7.53. The van der Waals surface area contributed by atoms with Crippen molar-refractivity contribution in [2.45, 2.75) is 26.5 Å². The minimum Gasteiger partial charge on any atom is -0.370 e. The van der Waals surface area contributed by atoms with E-state index in [9.17, 15) is 0 Å². The molecule has 12 heavy (non-hydrogen) atoms. The molecule has 0 amide bonds. The first-order chi connectivity index (χ1) is 5.79. The Bertz CT molecular complexity index is 267. The van der Waals surface area contributed by atoms with E-state index in [1.807, 2.05) is 12.5 Å². The van der Waals surface area contributed by atoms with Gasteiger partial charge in [0, 0.05) is 6.54 Å². The molecule has 2 heterocycles. The molecule has 1 atom stereocenters. The lowest BCUT2D eigenvalue weighted by Gasteiger charge is -2.27. The summed E-state index contributed by atoms with van der Waals surface area (Å²) in [7, 11) is 0. The van der Waals surface area contributed by atoms with Gasteiger partial charge in [0.25, 0.3) is 0 Å². The Balaban J connectivity index is 2.31. The van der Waals surface area contributed by atoms with Crippen LogP contribution in [-0.2, 0) is 11.3 Å². The SMILES string of the molecule is CC(C)C1OCCn2cncc21. The van der Waals surface area contributed by atoms with Gasteiger partial charge in [-0.3, -0.25) is 0 Å². The Morgan fingerprint density at radius 3 is 3.25 bits per heavy atom. The smallest absolute Gasteiger partial charge is 0.101 e. The predicted octanol–water partition coefficient (Wildman–Crippen LogP) is 1.61. The Labute approximate surface area is 72.4 Å². The Kier molecular flexibility index (Phi) is 1.89. The molecule has 3 nitrogen and oxygen atoms in total. The molecule has 0 radical (unpaired) electrons. The standard InChI is InChI=1S/C9H14N2O/c1-7(2)9-8-5-10-6-11(8)3-4-12-9/h5-7,9H,3-4H2,1-2H3. The van der Waals surface area contributed by atoms with Gasteiger partial charge in [-0.1, -0.05) is 13.8 Å². The van der Waals surface area contributed by atoms with Gasteiger partial charge in [0.05, 0.1) is 24.8 Å². The van der Waals surface area contributed by atoms with E-state index in [-0.39, 0.29) is 6.10 Å². The van der Waals surface area contributed by atoms with Crippen molar-refractivity contribution in [1.82, 2.24) is 9.55 Å². The fourth-order valence-corrected chi connectivity index (χ4v) is 1.65.